The molecule has 0 spiro atoms. The van der Waals surface area contributed by atoms with Crippen molar-refractivity contribution in [2.24, 2.45) is 17.8 Å². The molecule has 3 atom stereocenters. The molecule has 0 saturated heterocycles. The summed E-state index contributed by atoms with van der Waals surface area (Å²) in [5.74, 6) is 4.24. The Morgan fingerprint density at radius 2 is 1.49 bits per heavy atom. The van der Waals surface area contributed by atoms with Crippen molar-refractivity contribution in [1.29, 1.82) is 0 Å². The number of phenols is 1. The molecular formula is C32H56O2Te. The van der Waals surface area contributed by atoms with E-state index in [0.717, 1.165) is 53.9 Å². The van der Waals surface area contributed by atoms with Crippen molar-refractivity contribution in [3.05, 3.63) is 16.7 Å². The third-order valence-electron chi connectivity index (χ3n) is 8.29. The van der Waals surface area contributed by atoms with Crippen molar-refractivity contribution in [3.8, 4) is 11.5 Å². The fourth-order valence-electron chi connectivity index (χ4n) is 5.50. The predicted molar refractivity (Wildman–Crippen MR) is 155 cm³/mol. The summed E-state index contributed by atoms with van der Waals surface area (Å²) < 4.78 is 9.35. The third kappa shape index (κ3) is 9.78. The van der Waals surface area contributed by atoms with E-state index >= 15 is 0 Å². The zero-order chi connectivity index (χ0) is 26.0. The van der Waals surface area contributed by atoms with E-state index in [9.17, 15) is 5.11 Å². The molecule has 35 heavy (non-hydrogen) atoms. The van der Waals surface area contributed by atoms with Crippen LogP contribution in [0.15, 0.2) is 0 Å². The first-order valence-corrected chi connectivity index (χ1v) is 17.6. The van der Waals surface area contributed by atoms with Gasteiger partial charge in [0, 0.05) is 0 Å². The van der Waals surface area contributed by atoms with Gasteiger partial charge in [-0.25, -0.2) is 0 Å². The second-order valence-corrected chi connectivity index (χ2v) is 15.5. The number of rotatable bonds is 16. The SMILES string of the molecule is CCCC[Te]c1c(O)c(C)c(C)c2c1CC[C@@](C)(CCC[C@H](C)CCC[C@H](C)CCCC(C)C)O2. The van der Waals surface area contributed by atoms with Crippen LogP contribution in [0.2, 0.25) is 4.47 Å². The van der Waals surface area contributed by atoms with E-state index in [2.05, 4.69) is 55.4 Å². The van der Waals surface area contributed by atoms with Gasteiger partial charge in [-0.1, -0.05) is 40.0 Å². The molecule has 0 unspecified atom stereocenters. The number of fused-ring (bicyclic) bond motifs is 1. The maximum atomic E-state index is 10.9. The van der Waals surface area contributed by atoms with Crippen LogP contribution < -0.4 is 8.35 Å². The summed E-state index contributed by atoms with van der Waals surface area (Å²) in [5.41, 5.74) is 3.48. The Bertz CT molecular complexity index is 772. The summed E-state index contributed by atoms with van der Waals surface area (Å²) in [6.45, 7) is 18.4. The number of phenolic OH excluding ortho intramolecular Hbond substituents is 1. The van der Waals surface area contributed by atoms with Crippen LogP contribution in [-0.4, -0.2) is 31.6 Å². The van der Waals surface area contributed by atoms with E-state index in [1.54, 1.807) is 0 Å². The van der Waals surface area contributed by atoms with Gasteiger partial charge in [-0.05, 0) is 11.8 Å². The molecule has 0 radical (unpaired) electrons. The molecule has 0 amide bonds. The Labute approximate surface area is 228 Å². The number of ether oxygens (including phenoxy) is 1. The van der Waals surface area contributed by atoms with E-state index in [1.165, 1.54) is 77.9 Å². The third-order valence-corrected chi connectivity index (χ3v) is 11.8. The Balaban J connectivity index is 1.83. The molecule has 1 aromatic rings. The Kier molecular flexibility index (Phi) is 13.3. The molecule has 0 aromatic heterocycles. The van der Waals surface area contributed by atoms with Gasteiger partial charge in [0.1, 0.15) is 0 Å². The number of unbranched alkanes of at least 4 members (excludes halogenated alkanes) is 1. The van der Waals surface area contributed by atoms with Crippen molar-refractivity contribution in [2.45, 2.75) is 149 Å². The summed E-state index contributed by atoms with van der Waals surface area (Å²) in [6.07, 6.45) is 16.7. The second-order valence-electron chi connectivity index (χ2n) is 12.3. The van der Waals surface area contributed by atoms with Gasteiger partial charge in [-0.15, -0.1) is 0 Å². The zero-order valence-electron chi connectivity index (χ0n) is 24.4. The molecule has 1 aliphatic heterocycles. The van der Waals surface area contributed by atoms with Gasteiger partial charge in [-0.2, -0.15) is 0 Å². The molecule has 1 aromatic carbocycles. The number of aromatic hydroxyl groups is 1. The van der Waals surface area contributed by atoms with E-state index < -0.39 is 0 Å². The van der Waals surface area contributed by atoms with Crippen LogP contribution in [0.5, 0.6) is 11.5 Å². The molecule has 0 fully saturated rings. The van der Waals surface area contributed by atoms with Gasteiger partial charge in [0.05, 0.1) is 0 Å². The van der Waals surface area contributed by atoms with Crippen LogP contribution in [0, 0.1) is 31.6 Å². The van der Waals surface area contributed by atoms with E-state index in [-0.39, 0.29) is 26.5 Å². The van der Waals surface area contributed by atoms with Crippen LogP contribution in [-0.2, 0) is 6.42 Å². The van der Waals surface area contributed by atoms with Crippen molar-refractivity contribution in [2.75, 3.05) is 0 Å². The van der Waals surface area contributed by atoms with Crippen molar-refractivity contribution >= 4 is 24.5 Å². The topological polar surface area (TPSA) is 29.5 Å². The van der Waals surface area contributed by atoms with E-state index in [4.69, 9.17) is 4.74 Å². The normalized spacial score (nSPS) is 19.5. The van der Waals surface area contributed by atoms with Crippen LogP contribution in [0.4, 0.5) is 0 Å². The summed E-state index contributed by atoms with van der Waals surface area (Å²) in [6, 6.07) is 0. The second kappa shape index (κ2) is 15.1. The Morgan fingerprint density at radius 1 is 0.886 bits per heavy atom. The molecule has 1 heterocycles. The molecule has 2 rings (SSSR count). The first-order chi connectivity index (χ1) is 16.6. The fourth-order valence-corrected chi connectivity index (χ4v) is 9.19. The number of hydrogen-bond donors (Lipinski definition) is 1. The molecule has 202 valence electrons. The first-order valence-electron chi connectivity index (χ1n) is 14.7. The molecule has 0 aliphatic carbocycles. The number of benzene rings is 1. The van der Waals surface area contributed by atoms with Gasteiger partial charge in [0.15, 0.2) is 0 Å². The van der Waals surface area contributed by atoms with Crippen LogP contribution in [0.3, 0.4) is 0 Å². The Morgan fingerprint density at radius 3 is 2.09 bits per heavy atom. The summed E-state index contributed by atoms with van der Waals surface area (Å²) in [5, 5.41) is 10.9. The monoisotopic (exact) mass is 602 g/mol. The van der Waals surface area contributed by atoms with Crippen molar-refractivity contribution < 1.29 is 9.84 Å². The molecular weight excluding hydrogens is 544 g/mol. The molecule has 1 aliphatic rings. The fraction of sp³-hybridized carbons (Fsp3) is 0.812. The molecule has 1 N–H and O–H groups in total. The molecule has 3 heteroatoms. The summed E-state index contributed by atoms with van der Waals surface area (Å²) >= 11 is -0.351. The van der Waals surface area contributed by atoms with Crippen LogP contribution >= 0.6 is 0 Å². The van der Waals surface area contributed by atoms with Crippen molar-refractivity contribution in [3.63, 3.8) is 0 Å². The van der Waals surface area contributed by atoms with Gasteiger partial charge < -0.3 is 0 Å². The zero-order valence-corrected chi connectivity index (χ0v) is 26.7. The minimum absolute atomic E-state index is 0.0624. The van der Waals surface area contributed by atoms with E-state index in [0.29, 0.717) is 5.75 Å². The van der Waals surface area contributed by atoms with Gasteiger partial charge >= 0.3 is 177 Å². The van der Waals surface area contributed by atoms with Gasteiger partial charge in [0.25, 0.3) is 0 Å². The predicted octanol–water partition coefficient (Wildman–Crippen LogP) is 9.08. The average Bonchev–Trinajstić information content (AvgIpc) is 2.80. The van der Waals surface area contributed by atoms with E-state index in [1.807, 2.05) is 0 Å². The average molecular weight is 600 g/mol. The van der Waals surface area contributed by atoms with Crippen LogP contribution in [0.1, 0.15) is 135 Å². The standard InChI is InChI=1S/C32H56O2Te/c1-9-10-22-35-31-28-19-21-32(8,34-30(28)27(7)26(6)29(31)33)20-13-18-25(5)17-12-16-24(4)15-11-14-23(2)3/h23-25,33H,9-22H2,1-8H3/t24-,25-,32-/m1/s1. The Hall–Kier alpha value is -0.390. The van der Waals surface area contributed by atoms with Gasteiger partial charge in [-0.3, -0.25) is 0 Å². The van der Waals surface area contributed by atoms with Crippen LogP contribution in [0.25, 0.3) is 0 Å². The summed E-state index contributed by atoms with van der Waals surface area (Å²) in [4.78, 5) is 0. The minimum atomic E-state index is -0.351. The van der Waals surface area contributed by atoms with Crippen molar-refractivity contribution in [1.82, 2.24) is 0 Å². The first kappa shape index (κ1) is 30.8. The maximum absolute atomic E-state index is 10.9. The molecule has 0 saturated carbocycles. The molecule has 2 nitrogen and oxygen atoms in total. The summed E-state index contributed by atoms with van der Waals surface area (Å²) in [7, 11) is 0. The van der Waals surface area contributed by atoms with Gasteiger partial charge in [0.2, 0.25) is 0 Å². The number of hydrogen-bond acceptors (Lipinski definition) is 2. The quantitative estimate of drug-likeness (QED) is 0.152. The molecule has 0 bridgehead atoms.